The molecule has 138 valence electrons. The van der Waals surface area contributed by atoms with Crippen LogP contribution < -0.4 is 9.46 Å². The summed E-state index contributed by atoms with van der Waals surface area (Å²) >= 11 is 0. The van der Waals surface area contributed by atoms with Gasteiger partial charge in [-0.25, -0.2) is 8.42 Å². The van der Waals surface area contributed by atoms with Crippen LogP contribution in [0.3, 0.4) is 0 Å². The Kier molecular flexibility index (Phi) is 5.43. The van der Waals surface area contributed by atoms with Crippen molar-refractivity contribution in [2.75, 3.05) is 38.1 Å². The highest BCUT2D eigenvalue weighted by atomic mass is 32.2. The second kappa shape index (κ2) is 7.76. The van der Waals surface area contributed by atoms with Crippen LogP contribution >= 0.6 is 0 Å². The maximum atomic E-state index is 12.5. The monoisotopic (exact) mass is 376 g/mol. The Labute approximate surface area is 152 Å². The van der Waals surface area contributed by atoms with E-state index >= 15 is 0 Å². The largest absolute Gasteiger partial charge is 0.497 e. The molecule has 1 heterocycles. The molecule has 0 unspecified atom stereocenters. The number of sulfonamides is 1. The number of amides is 1. The number of benzene rings is 2. The maximum Gasteiger partial charge on any atom is 0.261 e. The van der Waals surface area contributed by atoms with E-state index in [4.69, 9.17) is 9.47 Å². The van der Waals surface area contributed by atoms with E-state index in [1.54, 1.807) is 36.3 Å². The number of anilines is 1. The molecule has 1 fully saturated rings. The Morgan fingerprint density at radius 1 is 1.04 bits per heavy atom. The molecule has 2 aromatic carbocycles. The second-order valence-corrected chi connectivity index (χ2v) is 7.45. The van der Waals surface area contributed by atoms with Crippen molar-refractivity contribution in [3.05, 3.63) is 54.1 Å². The SMILES string of the molecule is COc1ccc(NS(=O)(=O)c2ccc(C(=O)N3CCOCC3)cc2)cc1. The van der Waals surface area contributed by atoms with Crippen molar-refractivity contribution < 1.29 is 22.7 Å². The number of nitrogens with one attached hydrogen (secondary N) is 1. The number of methoxy groups -OCH3 is 1. The average Bonchev–Trinajstić information content (AvgIpc) is 2.68. The first-order valence-corrected chi connectivity index (χ1v) is 9.62. The van der Waals surface area contributed by atoms with Crippen molar-refractivity contribution in [2.24, 2.45) is 0 Å². The lowest BCUT2D eigenvalue weighted by Gasteiger charge is -2.26. The van der Waals surface area contributed by atoms with Crippen LogP contribution in [-0.2, 0) is 14.8 Å². The lowest BCUT2D eigenvalue weighted by Crippen LogP contribution is -2.40. The molecule has 0 aliphatic carbocycles. The predicted molar refractivity (Wildman–Crippen MR) is 97.0 cm³/mol. The first-order chi connectivity index (χ1) is 12.5. The van der Waals surface area contributed by atoms with Gasteiger partial charge in [-0.15, -0.1) is 0 Å². The molecule has 0 bridgehead atoms. The minimum Gasteiger partial charge on any atom is -0.497 e. The molecule has 1 aliphatic heterocycles. The van der Waals surface area contributed by atoms with E-state index < -0.39 is 10.0 Å². The van der Waals surface area contributed by atoms with Gasteiger partial charge >= 0.3 is 0 Å². The van der Waals surface area contributed by atoms with Gasteiger partial charge in [-0.1, -0.05) is 0 Å². The highest BCUT2D eigenvalue weighted by Gasteiger charge is 2.20. The van der Waals surface area contributed by atoms with Gasteiger partial charge in [-0.05, 0) is 48.5 Å². The number of morpholine rings is 1. The molecule has 1 amide bonds. The topological polar surface area (TPSA) is 84.9 Å². The van der Waals surface area contributed by atoms with Crippen molar-refractivity contribution in [1.82, 2.24) is 4.90 Å². The number of nitrogens with zero attached hydrogens (tertiary/aromatic N) is 1. The maximum absolute atomic E-state index is 12.5. The summed E-state index contributed by atoms with van der Waals surface area (Å²) in [4.78, 5) is 14.2. The van der Waals surface area contributed by atoms with Gasteiger partial charge in [0.15, 0.2) is 0 Å². The molecule has 26 heavy (non-hydrogen) atoms. The molecule has 1 aliphatic rings. The fraction of sp³-hybridized carbons (Fsp3) is 0.278. The van der Waals surface area contributed by atoms with Crippen LogP contribution in [0.15, 0.2) is 53.4 Å². The summed E-state index contributed by atoms with van der Waals surface area (Å²) in [5.41, 5.74) is 0.884. The van der Waals surface area contributed by atoms with E-state index in [1.165, 1.54) is 24.3 Å². The molecule has 1 saturated heterocycles. The summed E-state index contributed by atoms with van der Waals surface area (Å²) in [6, 6.07) is 12.5. The average molecular weight is 376 g/mol. The summed E-state index contributed by atoms with van der Waals surface area (Å²) in [5.74, 6) is 0.513. The number of ether oxygens (including phenoxy) is 2. The molecule has 1 N–H and O–H groups in total. The molecule has 7 nitrogen and oxygen atoms in total. The first-order valence-electron chi connectivity index (χ1n) is 8.13. The molecule has 0 radical (unpaired) electrons. The van der Waals surface area contributed by atoms with E-state index in [1.807, 2.05) is 0 Å². The van der Waals surface area contributed by atoms with Crippen molar-refractivity contribution in [1.29, 1.82) is 0 Å². The molecule has 0 aromatic heterocycles. The third-order valence-corrected chi connectivity index (χ3v) is 5.45. The van der Waals surface area contributed by atoms with Crippen LogP contribution in [0.25, 0.3) is 0 Å². The summed E-state index contributed by atoms with van der Waals surface area (Å²) < 4.78 is 37.8. The predicted octanol–water partition coefficient (Wildman–Crippen LogP) is 1.97. The van der Waals surface area contributed by atoms with Crippen LogP contribution in [0.5, 0.6) is 5.75 Å². The molecule has 0 saturated carbocycles. The van der Waals surface area contributed by atoms with Gasteiger partial charge in [-0.2, -0.15) is 0 Å². The van der Waals surface area contributed by atoms with Gasteiger partial charge < -0.3 is 14.4 Å². The van der Waals surface area contributed by atoms with E-state index in [-0.39, 0.29) is 10.8 Å². The Morgan fingerprint density at radius 2 is 1.65 bits per heavy atom. The van der Waals surface area contributed by atoms with Gasteiger partial charge in [0.2, 0.25) is 0 Å². The van der Waals surface area contributed by atoms with E-state index in [0.29, 0.717) is 43.3 Å². The van der Waals surface area contributed by atoms with E-state index in [2.05, 4.69) is 4.72 Å². The summed E-state index contributed by atoms with van der Waals surface area (Å²) in [6.07, 6.45) is 0. The van der Waals surface area contributed by atoms with Crippen LogP contribution in [0.2, 0.25) is 0 Å². The van der Waals surface area contributed by atoms with Gasteiger partial charge in [0, 0.05) is 24.3 Å². The first kappa shape index (κ1) is 18.2. The summed E-state index contributed by atoms with van der Waals surface area (Å²) in [5, 5.41) is 0. The zero-order chi connectivity index (χ0) is 18.6. The highest BCUT2D eigenvalue weighted by molar-refractivity contribution is 7.92. The fourth-order valence-corrected chi connectivity index (χ4v) is 3.66. The molecule has 2 aromatic rings. The zero-order valence-electron chi connectivity index (χ0n) is 14.3. The number of carbonyl (C=O) groups excluding carboxylic acids is 1. The standard InChI is InChI=1S/C18H20N2O5S/c1-24-16-6-4-15(5-7-16)19-26(22,23)17-8-2-14(3-9-17)18(21)20-10-12-25-13-11-20/h2-9,19H,10-13H2,1H3. The summed E-state index contributed by atoms with van der Waals surface area (Å²) in [6.45, 7) is 2.11. The zero-order valence-corrected chi connectivity index (χ0v) is 15.2. The lowest BCUT2D eigenvalue weighted by atomic mass is 10.2. The Balaban J connectivity index is 1.72. The Bertz CT molecular complexity index is 857. The van der Waals surface area contributed by atoms with Crippen molar-refractivity contribution in [3.8, 4) is 5.75 Å². The minimum absolute atomic E-state index is 0.0897. The highest BCUT2D eigenvalue weighted by Crippen LogP contribution is 2.20. The molecular formula is C18H20N2O5S. The van der Waals surface area contributed by atoms with Gasteiger partial charge in [-0.3, -0.25) is 9.52 Å². The van der Waals surface area contributed by atoms with Crippen molar-refractivity contribution in [3.63, 3.8) is 0 Å². The van der Waals surface area contributed by atoms with Gasteiger partial charge in [0.05, 0.1) is 25.2 Å². The van der Waals surface area contributed by atoms with E-state index in [9.17, 15) is 13.2 Å². The molecule has 0 spiro atoms. The van der Waals surface area contributed by atoms with E-state index in [0.717, 1.165) is 0 Å². The fourth-order valence-electron chi connectivity index (χ4n) is 2.60. The van der Waals surface area contributed by atoms with Gasteiger partial charge in [0.25, 0.3) is 15.9 Å². The third kappa shape index (κ3) is 4.14. The van der Waals surface area contributed by atoms with Crippen molar-refractivity contribution >= 4 is 21.6 Å². The number of carbonyl (C=O) groups is 1. The summed E-state index contributed by atoms with van der Waals surface area (Å²) in [7, 11) is -2.20. The lowest BCUT2D eigenvalue weighted by molar-refractivity contribution is 0.0303. The molecular weight excluding hydrogens is 356 g/mol. The molecule has 8 heteroatoms. The second-order valence-electron chi connectivity index (χ2n) is 5.76. The van der Waals surface area contributed by atoms with Crippen LogP contribution in [0, 0.1) is 0 Å². The Morgan fingerprint density at radius 3 is 2.23 bits per heavy atom. The smallest absolute Gasteiger partial charge is 0.261 e. The van der Waals surface area contributed by atoms with Crippen molar-refractivity contribution in [2.45, 2.75) is 4.90 Å². The Hall–Kier alpha value is -2.58. The minimum atomic E-state index is -3.74. The molecule has 3 rings (SSSR count). The number of hydrogen-bond acceptors (Lipinski definition) is 5. The quantitative estimate of drug-likeness (QED) is 0.862. The number of hydrogen-bond donors (Lipinski definition) is 1. The van der Waals surface area contributed by atoms with Crippen LogP contribution in [-0.4, -0.2) is 52.6 Å². The third-order valence-electron chi connectivity index (χ3n) is 4.05. The van der Waals surface area contributed by atoms with Crippen LogP contribution in [0.4, 0.5) is 5.69 Å². The normalized spacial score (nSPS) is 14.7. The number of rotatable bonds is 5. The van der Waals surface area contributed by atoms with Gasteiger partial charge in [0.1, 0.15) is 5.75 Å². The molecule has 0 atom stereocenters. The van der Waals surface area contributed by atoms with Crippen LogP contribution in [0.1, 0.15) is 10.4 Å².